The van der Waals surface area contributed by atoms with E-state index in [4.69, 9.17) is 0 Å². The summed E-state index contributed by atoms with van der Waals surface area (Å²) in [6.45, 7) is 6.95. The molecule has 0 aliphatic heterocycles. The fraction of sp³-hybridized carbons (Fsp3) is 0.350. The van der Waals surface area contributed by atoms with E-state index >= 15 is 0 Å². The zero-order valence-corrected chi connectivity index (χ0v) is 23.0. The molecule has 6 nitrogen and oxygen atoms in total. The Bertz CT molecular complexity index is 1280. The van der Waals surface area contributed by atoms with E-state index < -0.39 is 50.0 Å². The van der Waals surface area contributed by atoms with Crippen molar-refractivity contribution in [3.8, 4) is 0 Å². The molecule has 222 valence electrons. The van der Waals surface area contributed by atoms with Crippen molar-refractivity contribution in [2.75, 3.05) is 0 Å². The van der Waals surface area contributed by atoms with Crippen molar-refractivity contribution in [3.05, 3.63) is 64.6 Å². The van der Waals surface area contributed by atoms with Crippen LogP contribution in [-0.2, 0) is 40.4 Å². The summed E-state index contributed by atoms with van der Waals surface area (Å²) in [5.41, 5.74) is -21.2. The van der Waals surface area contributed by atoms with Gasteiger partial charge in [0.2, 0.25) is 0 Å². The molecule has 0 heterocycles. The molecule has 2 aromatic carbocycles. The Kier molecular flexibility index (Phi) is 10.3. The summed E-state index contributed by atoms with van der Waals surface area (Å²) in [5.74, 6) is 0. The van der Waals surface area contributed by atoms with Gasteiger partial charge in [0.1, 0.15) is 4.75 Å². The molecular weight excluding hydrogens is 635 g/mol. The number of sulfone groups is 3. The predicted octanol–water partition coefficient (Wildman–Crippen LogP) is 5.76. The van der Waals surface area contributed by atoms with E-state index in [1.165, 1.54) is 9.79 Å². The van der Waals surface area contributed by atoms with Gasteiger partial charge in [-0.05, 0) is 45.0 Å². The number of rotatable bonds is 5. The first-order chi connectivity index (χ1) is 17.2. The Labute approximate surface area is 221 Å². The lowest BCUT2D eigenvalue weighted by atomic mass is 10.3. The minimum atomic E-state index is -8.02. The zero-order valence-electron chi connectivity index (χ0n) is 19.8. The molecule has 0 N–H and O–H groups in total. The molecule has 19 heteroatoms. The van der Waals surface area contributed by atoms with Crippen LogP contribution in [0.15, 0.2) is 70.5 Å². The quantitative estimate of drug-likeness (QED) is 0.231. The highest BCUT2D eigenvalue weighted by molar-refractivity contribution is 8.29. The van der Waals surface area contributed by atoms with Crippen LogP contribution in [0.25, 0.3) is 0 Å². The van der Waals surface area contributed by atoms with Crippen LogP contribution in [0.1, 0.15) is 20.8 Å². The van der Waals surface area contributed by atoms with E-state index in [1.54, 1.807) is 0 Å². The summed E-state index contributed by atoms with van der Waals surface area (Å²) in [7, 11) is -23.9. The second-order valence-corrected chi connectivity index (χ2v) is 17.3. The van der Waals surface area contributed by atoms with Gasteiger partial charge >= 0.3 is 16.5 Å². The van der Waals surface area contributed by atoms with Crippen molar-refractivity contribution in [1.29, 1.82) is 0 Å². The van der Waals surface area contributed by atoms with Crippen LogP contribution in [0.2, 0.25) is 0 Å². The number of halogens is 9. The lowest BCUT2D eigenvalue weighted by Crippen LogP contribution is -2.47. The monoisotopic (exact) mass is 654 g/mol. The topological polar surface area (TPSA) is 102 Å². The molecule has 0 amide bonds. The molecule has 0 atom stereocenters. The molecular formula is C20H19F9O6S4. The minimum absolute atomic E-state index is 0.131. The van der Waals surface area contributed by atoms with Crippen molar-refractivity contribution < 1.29 is 64.8 Å². The molecule has 0 spiro atoms. The zero-order chi connectivity index (χ0) is 30.9. The molecule has 0 bridgehead atoms. The third-order valence-corrected chi connectivity index (χ3v) is 13.9. The summed E-state index contributed by atoms with van der Waals surface area (Å²) in [5, 5.41) is 0. The largest absolute Gasteiger partial charge is 0.470 e. The first kappa shape index (κ1) is 35.0. The molecule has 39 heavy (non-hydrogen) atoms. The SMILES string of the molecule is CC(C)(C)[S+](c1ccccc1)c1ccccc1.O=S(=O)([C-](S(=O)(=O)C(F)(F)F)S(=O)(=O)C(F)(F)F)C(F)(F)F. The van der Waals surface area contributed by atoms with Gasteiger partial charge < -0.3 is 0 Å². The Morgan fingerprint density at radius 2 is 0.744 bits per heavy atom. The van der Waals surface area contributed by atoms with Gasteiger partial charge in [-0.1, -0.05) is 36.4 Å². The Morgan fingerprint density at radius 1 is 0.513 bits per heavy atom. The predicted molar refractivity (Wildman–Crippen MR) is 125 cm³/mol. The van der Waals surface area contributed by atoms with Gasteiger partial charge in [0.05, 0.1) is 14.8 Å². The molecule has 0 fully saturated rings. The smallest absolute Gasteiger partial charge is 0.251 e. The Morgan fingerprint density at radius 3 is 0.923 bits per heavy atom. The van der Waals surface area contributed by atoms with Gasteiger partial charge in [-0.15, -0.1) is 0 Å². The van der Waals surface area contributed by atoms with Crippen LogP contribution in [-0.4, -0.2) is 46.5 Å². The first-order valence-corrected chi connectivity index (χ1v) is 15.5. The van der Waals surface area contributed by atoms with Crippen LogP contribution in [0.4, 0.5) is 39.5 Å². The molecule has 0 unspecified atom stereocenters. The van der Waals surface area contributed by atoms with Gasteiger partial charge in [-0.2, -0.15) is 39.5 Å². The minimum Gasteiger partial charge on any atom is -0.251 e. The van der Waals surface area contributed by atoms with Crippen LogP contribution in [0, 0.1) is 3.91 Å². The lowest BCUT2D eigenvalue weighted by molar-refractivity contribution is -0.0471. The molecule has 2 rings (SSSR count). The van der Waals surface area contributed by atoms with Crippen LogP contribution in [0.3, 0.4) is 0 Å². The molecule has 0 aliphatic rings. The maximum absolute atomic E-state index is 12.0. The second-order valence-electron chi connectivity index (χ2n) is 8.14. The third kappa shape index (κ3) is 7.81. The van der Waals surface area contributed by atoms with Crippen molar-refractivity contribution >= 4 is 40.4 Å². The standard InChI is InChI=1S/C16H19S.C4F9O6S3/c1-16(2,3)17(14-10-6-4-7-11-14)15-12-8-5-9-13-15;5-2(6,7)20(14,15)1(21(16,17)3(8,9)10)22(18,19)4(11,12)13/h4-13H,1-3H3;/q+1;-1. The molecule has 0 saturated heterocycles. The molecule has 2 aromatic rings. The maximum Gasteiger partial charge on any atom is 0.470 e. The normalized spacial score (nSPS) is 14.2. The number of alkyl halides is 9. The van der Waals surface area contributed by atoms with Gasteiger partial charge in [0.25, 0.3) is 0 Å². The van der Waals surface area contributed by atoms with Crippen LogP contribution >= 0.6 is 0 Å². The Balaban J connectivity index is 0.000000400. The second kappa shape index (κ2) is 11.5. The van der Waals surface area contributed by atoms with Gasteiger partial charge in [0.15, 0.2) is 39.3 Å². The Hall–Kier alpha value is -1.99. The first-order valence-electron chi connectivity index (χ1n) is 9.86. The number of hydrogen-bond acceptors (Lipinski definition) is 6. The molecule has 0 saturated carbocycles. The number of benzene rings is 2. The van der Waals surface area contributed by atoms with Crippen molar-refractivity contribution in [1.82, 2.24) is 0 Å². The summed E-state index contributed by atoms with van der Waals surface area (Å²) < 4.78 is 168. The summed E-state index contributed by atoms with van der Waals surface area (Å²) >= 11 is 0. The highest BCUT2D eigenvalue weighted by atomic mass is 32.3. The van der Waals surface area contributed by atoms with Crippen LogP contribution in [0.5, 0.6) is 0 Å². The fourth-order valence-corrected chi connectivity index (χ4v) is 11.0. The molecule has 0 radical (unpaired) electrons. The van der Waals surface area contributed by atoms with E-state index in [-0.39, 0.29) is 15.6 Å². The third-order valence-electron chi connectivity index (χ3n) is 4.14. The van der Waals surface area contributed by atoms with Gasteiger partial charge in [-0.3, -0.25) is 25.3 Å². The van der Waals surface area contributed by atoms with Crippen molar-refractivity contribution in [2.45, 2.75) is 51.8 Å². The number of hydrogen-bond donors (Lipinski definition) is 0. The maximum atomic E-state index is 12.0. The highest BCUT2D eigenvalue weighted by Crippen LogP contribution is 2.47. The average molecular weight is 655 g/mol. The van der Waals surface area contributed by atoms with Gasteiger partial charge in [-0.25, -0.2) is 0 Å². The van der Waals surface area contributed by atoms with E-state index in [9.17, 15) is 64.8 Å². The van der Waals surface area contributed by atoms with E-state index in [0.717, 1.165) is 0 Å². The average Bonchev–Trinajstić information content (AvgIpc) is 2.72. The van der Waals surface area contributed by atoms with Gasteiger partial charge in [0, 0.05) is 0 Å². The summed E-state index contributed by atoms with van der Waals surface area (Å²) in [6.07, 6.45) is 0. The fourth-order valence-electron chi connectivity index (χ4n) is 2.67. The van der Waals surface area contributed by atoms with E-state index in [2.05, 4.69) is 81.4 Å². The van der Waals surface area contributed by atoms with Crippen molar-refractivity contribution in [2.24, 2.45) is 0 Å². The van der Waals surface area contributed by atoms with Crippen molar-refractivity contribution in [3.63, 3.8) is 0 Å². The summed E-state index contributed by atoms with van der Waals surface area (Å²) in [6, 6.07) is 21.6. The summed E-state index contributed by atoms with van der Waals surface area (Å²) in [4.78, 5) is 2.84. The lowest BCUT2D eigenvalue weighted by Gasteiger charge is -2.31. The van der Waals surface area contributed by atoms with E-state index in [1.807, 2.05) is 0 Å². The molecule has 0 aromatic heterocycles. The van der Waals surface area contributed by atoms with Crippen LogP contribution < -0.4 is 0 Å². The molecule has 0 aliphatic carbocycles. The van der Waals surface area contributed by atoms with E-state index in [0.29, 0.717) is 0 Å². The highest BCUT2D eigenvalue weighted by Gasteiger charge is 2.63.